The van der Waals surface area contributed by atoms with Crippen molar-refractivity contribution < 1.29 is 9.13 Å². The van der Waals surface area contributed by atoms with Crippen molar-refractivity contribution in [3.8, 4) is 0 Å². The van der Waals surface area contributed by atoms with Crippen molar-refractivity contribution >= 4 is 5.69 Å². The number of hydrogen-bond donors (Lipinski definition) is 1. The van der Waals surface area contributed by atoms with E-state index in [1.807, 2.05) is 6.92 Å². The van der Waals surface area contributed by atoms with Gasteiger partial charge in [-0.05, 0) is 44.0 Å². The van der Waals surface area contributed by atoms with Crippen molar-refractivity contribution in [3.05, 3.63) is 29.6 Å². The molecule has 0 aromatic heterocycles. The molecule has 0 aliphatic carbocycles. The highest BCUT2D eigenvalue weighted by Gasteiger charge is 2.20. The Morgan fingerprint density at radius 1 is 1.50 bits per heavy atom. The molecule has 1 aliphatic rings. The van der Waals surface area contributed by atoms with Gasteiger partial charge in [0.1, 0.15) is 5.82 Å². The van der Waals surface area contributed by atoms with Crippen LogP contribution >= 0.6 is 0 Å². The van der Waals surface area contributed by atoms with E-state index in [0.29, 0.717) is 11.8 Å². The maximum atomic E-state index is 13.0. The fourth-order valence-electron chi connectivity index (χ4n) is 2.48. The lowest BCUT2D eigenvalue weighted by atomic mass is 10.1. The molecule has 3 nitrogen and oxygen atoms in total. The first-order chi connectivity index (χ1) is 8.69. The maximum Gasteiger partial charge on any atom is 0.125 e. The van der Waals surface area contributed by atoms with Crippen LogP contribution in [0.25, 0.3) is 0 Å². The first-order valence-electron chi connectivity index (χ1n) is 6.57. The van der Waals surface area contributed by atoms with Gasteiger partial charge in [-0.3, -0.25) is 4.90 Å². The largest absolute Gasteiger partial charge is 0.398 e. The van der Waals surface area contributed by atoms with Crippen LogP contribution in [0.2, 0.25) is 0 Å². The first kappa shape index (κ1) is 13.3. The van der Waals surface area contributed by atoms with Crippen molar-refractivity contribution in [2.24, 2.45) is 0 Å². The molecule has 2 N–H and O–H groups in total. The first-order valence-corrected chi connectivity index (χ1v) is 6.57. The number of anilines is 1. The van der Waals surface area contributed by atoms with E-state index in [0.717, 1.165) is 44.6 Å². The Kier molecular flexibility index (Phi) is 4.55. The summed E-state index contributed by atoms with van der Waals surface area (Å²) in [7, 11) is 0. The molecule has 1 atom stereocenters. The molecule has 4 heteroatoms. The van der Waals surface area contributed by atoms with E-state index in [2.05, 4.69) is 4.90 Å². The van der Waals surface area contributed by atoms with E-state index in [1.54, 1.807) is 6.07 Å². The van der Waals surface area contributed by atoms with Crippen LogP contribution in [-0.2, 0) is 11.3 Å². The molecule has 1 heterocycles. The van der Waals surface area contributed by atoms with E-state index in [9.17, 15) is 4.39 Å². The van der Waals surface area contributed by atoms with Crippen molar-refractivity contribution in [1.82, 2.24) is 4.90 Å². The Balaban J connectivity index is 1.96. The van der Waals surface area contributed by atoms with Gasteiger partial charge in [-0.15, -0.1) is 0 Å². The van der Waals surface area contributed by atoms with Gasteiger partial charge in [-0.25, -0.2) is 4.39 Å². The minimum absolute atomic E-state index is 0.276. The van der Waals surface area contributed by atoms with Gasteiger partial charge < -0.3 is 10.5 Å². The minimum atomic E-state index is -0.276. The van der Waals surface area contributed by atoms with Crippen LogP contribution in [0.1, 0.15) is 25.3 Å². The molecule has 0 radical (unpaired) electrons. The van der Waals surface area contributed by atoms with Crippen LogP contribution in [0.5, 0.6) is 0 Å². The number of halogens is 1. The lowest BCUT2D eigenvalue weighted by Crippen LogP contribution is -2.39. The predicted octanol–water partition coefficient (Wildman–Crippen LogP) is 2.41. The van der Waals surface area contributed by atoms with Crippen LogP contribution in [0.15, 0.2) is 18.2 Å². The van der Waals surface area contributed by atoms with Crippen LogP contribution in [0.3, 0.4) is 0 Å². The van der Waals surface area contributed by atoms with E-state index >= 15 is 0 Å². The molecule has 100 valence electrons. The number of hydrogen-bond acceptors (Lipinski definition) is 3. The van der Waals surface area contributed by atoms with E-state index < -0.39 is 0 Å². The van der Waals surface area contributed by atoms with Crippen molar-refractivity contribution in [2.45, 2.75) is 32.4 Å². The monoisotopic (exact) mass is 252 g/mol. The smallest absolute Gasteiger partial charge is 0.125 e. The summed E-state index contributed by atoms with van der Waals surface area (Å²) in [6.45, 7) is 5.55. The van der Waals surface area contributed by atoms with Gasteiger partial charge in [0.05, 0.1) is 6.10 Å². The fraction of sp³-hybridized carbons (Fsp3) is 0.571. The number of likely N-dealkylation sites (tertiary alicyclic amines) is 1. The standard InChI is InChI=1S/C14H21FN2O/c1-2-18-13-4-3-7-17(10-13)9-11-5-6-12(15)8-14(11)16/h5-6,8,13H,2-4,7,9-10,16H2,1H3. The zero-order chi connectivity index (χ0) is 13.0. The second-order valence-electron chi connectivity index (χ2n) is 4.80. The van der Waals surface area contributed by atoms with Gasteiger partial charge in [0.2, 0.25) is 0 Å². The molecular formula is C14H21FN2O. The predicted molar refractivity (Wildman–Crippen MR) is 70.7 cm³/mol. The number of nitrogens with zero attached hydrogens (tertiary/aromatic N) is 1. The summed E-state index contributed by atoms with van der Waals surface area (Å²) < 4.78 is 18.6. The summed E-state index contributed by atoms with van der Waals surface area (Å²) in [4.78, 5) is 2.33. The van der Waals surface area contributed by atoms with Gasteiger partial charge in [0.15, 0.2) is 0 Å². The quantitative estimate of drug-likeness (QED) is 0.836. The Morgan fingerprint density at radius 2 is 2.33 bits per heavy atom. The molecule has 1 aromatic rings. The average molecular weight is 252 g/mol. The number of ether oxygens (including phenoxy) is 1. The minimum Gasteiger partial charge on any atom is -0.398 e. The highest BCUT2D eigenvalue weighted by molar-refractivity contribution is 5.46. The highest BCUT2D eigenvalue weighted by Crippen LogP contribution is 2.19. The fourth-order valence-corrected chi connectivity index (χ4v) is 2.48. The molecule has 1 fully saturated rings. The molecule has 1 unspecified atom stereocenters. The SMILES string of the molecule is CCOC1CCCN(Cc2ccc(F)cc2N)C1. The molecule has 0 spiro atoms. The second kappa shape index (κ2) is 6.16. The average Bonchev–Trinajstić information content (AvgIpc) is 2.34. The van der Waals surface area contributed by atoms with Crippen LogP contribution in [0.4, 0.5) is 10.1 Å². The molecule has 0 bridgehead atoms. The number of rotatable bonds is 4. The summed E-state index contributed by atoms with van der Waals surface area (Å²) >= 11 is 0. The van der Waals surface area contributed by atoms with Crippen LogP contribution in [0, 0.1) is 5.82 Å². The Bertz CT molecular complexity index is 395. The number of nitrogen functional groups attached to an aromatic ring is 1. The van der Waals surface area contributed by atoms with Gasteiger partial charge in [0.25, 0.3) is 0 Å². The normalized spacial score (nSPS) is 21.1. The summed E-state index contributed by atoms with van der Waals surface area (Å²) in [5.41, 5.74) is 7.36. The molecule has 1 aromatic carbocycles. The van der Waals surface area contributed by atoms with Crippen molar-refractivity contribution in [2.75, 3.05) is 25.4 Å². The lowest BCUT2D eigenvalue weighted by Gasteiger charge is -2.32. The van der Waals surface area contributed by atoms with Gasteiger partial charge in [-0.1, -0.05) is 6.07 Å². The second-order valence-corrected chi connectivity index (χ2v) is 4.80. The Hall–Kier alpha value is -1.13. The summed E-state index contributed by atoms with van der Waals surface area (Å²) in [5.74, 6) is -0.276. The Labute approximate surface area is 108 Å². The molecular weight excluding hydrogens is 231 g/mol. The third-order valence-corrected chi connectivity index (χ3v) is 3.37. The molecule has 1 saturated heterocycles. The molecule has 2 rings (SSSR count). The Morgan fingerprint density at radius 3 is 3.06 bits per heavy atom. The van der Waals surface area contributed by atoms with Gasteiger partial charge >= 0.3 is 0 Å². The van der Waals surface area contributed by atoms with Crippen molar-refractivity contribution in [3.63, 3.8) is 0 Å². The van der Waals surface area contributed by atoms with Crippen LogP contribution in [-0.4, -0.2) is 30.7 Å². The lowest BCUT2D eigenvalue weighted by molar-refractivity contribution is 0.00368. The molecule has 18 heavy (non-hydrogen) atoms. The van der Waals surface area contributed by atoms with Crippen LogP contribution < -0.4 is 5.73 Å². The summed E-state index contributed by atoms with van der Waals surface area (Å²) in [6, 6.07) is 4.63. The summed E-state index contributed by atoms with van der Waals surface area (Å²) in [5, 5.41) is 0. The number of piperidine rings is 1. The van der Waals surface area contributed by atoms with Crippen molar-refractivity contribution in [1.29, 1.82) is 0 Å². The number of benzene rings is 1. The van der Waals surface area contributed by atoms with E-state index in [4.69, 9.17) is 10.5 Å². The topological polar surface area (TPSA) is 38.5 Å². The molecule has 0 saturated carbocycles. The zero-order valence-electron chi connectivity index (χ0n) is 10.9. The zero-order valence-corrected chi connectivity index (χ0v) is 10.9. The van der Waals surface area contributed by atoms with Gasteiger partial charge in [0, 0.05) is 25.4 Å². The van der Waals surface area contributed by atoms with E-state index in [1.165, 1.54) is 12.1 Å². The highest BCUT2D eigenvalue weighted by atomic mass is 19.1. The molecule has 0 amide bonds. The van der Waals surface area contributed by atoms with E-state index in [-0.39, 0.29) is 5.82 Å². The number of nitrogens with two attached hydrogens (primary N) is 1. The third-order valence-electron chi connectivity index (χ3n) is 3.37. The third kappa shape index (κ3) is 3.43. The summed E-state index contributed by atoms with van der Waals surface area (Å²) in [6.07, 6.45) is 2.60. The maximum absolute atomic E-state index is 13.0. The van der Waals surface area contributed by atoms with Gasteiger partial charge in [-0.2, -0.15) is 0 Å². The molecule has 1 aliphatic heterocycles.